The SMILES string of the molecule is COc1ccc(C(=O)NC2COC3C2OCC3n2nnnc2-c2cccc(CN3CCCC3)c2)cc1. The van der Waals surface area contributed by atoms with E-state index >= 15 is 0 Å². The smallest absolute Gasteiger partial charge is 0.251 e. The maximum Gasteiger partial charge on any atom is 0.251 e. The average molecular weight is 491 g/mol. The lowest BCUT2D eigenvalue weighted by atomic mass is 10.0. The lowest BCUT2D eigenvalue weighted by Gasteiger charge is -2.18. The molecule has 10 heteroatoms. The Bertz CT molecular complexity index is 1210. The zero-order chi connectivity index (χ0) is 24.5. The quantitative estimate of drug-likeness (QED) is 0.537. The molecule has 188 valence electrons. The van der Waals surface area contributed by atoms with Gasteiger partial charge in [0.2, 0.25) is 0 Å². The van der Waals surface area contributed by atoms with Gasteiger partial charge in [-0.2, -0.15) is 0 Å². The third-order valence-corrected chi connectivity index (χ3v) is 7.29. The highest BCUT2D eigenvalue weighted by Crippen LogP contribution is 2.36. The number of methoxy groups -OCH3 is 1. The van der Waals surface area contributed by atoms with Gasteiger partial charge >= 0.3 is 0 Å². The van der Waals surface area contributed by atoms with Crippen LogP contribution in [0, 0.1) is 0 Å². The Hall–Kier alpha value is -3.34. The van der Waals surface area contributed by atoms with Crippen molar-refractivity contribution in [3.05, 3.63) is 59.7 Å². The molecular weight excluding hydrogens is 460 g/mol. The Morgan fingerprint density at radius 2 is 1.89 bits per heavy atom. The minimum Gasteiger partial charge on any atom is -0.497 e. The highest BCUT2D eigenvalue weighted by atomic mass is 16.6. The van der Waals surface area contributed by atoms with Crippen molar-refractivity contribution < 1.29 is 19.0 Å². The number of nitrogens with one attached hydrogen (secondary N) is 1. The van der Waals surface area contributed by atoms with E-state index in [1.807, 2.05) is 10.7 Å². The Morgan fingerprint density at radius 1 is 1.08 bits per heavy atom. The fourth-order valence-corrected chi connectivity index (χ4v) is 5.42. The van der Waals surface area contributed by atoms with Gasteiger partial charge in [-0.05, 0) is 72.3 Å². The third-order valence-electron chi connectivity index (χ3n) is 7.29. The van der Waals surface area contributed by atoms with Gasteiger partial charge in [0, 0.05) is 17.7 Å². The van der Waals surface area contributed by atoms with Crippen LogP contribution in [0.5, 0.6) is 5.75 Å². The molecule has 0 saturated carbocycles. The summed E-state index contributed by atoms with van der Waals surface area (Å²) in [5, 5.41) is 15.7. The molecular formula is C26H30N6O4. The number of carbonyl (C=O) groups is 1. The van der Waals surface area contributed by atoms with Crippen LogP contribution in [0.1, 0.15) is 34.8 Å². The monoisotopic (exact) mass is 490 g/mol. The molecule has 3 aromatic rings. The molecule has 0 radical (unpaired) electrons. The summed E-state index contributed by atoms with van der Waals surface area (Å²) < 4.78 is 19.2. The summed E-state index contributed by atoms with van der Waals surface area (Å²) in [6.07, 6.45) is 2.02. The zero-order valence-corrected chi connectivity index (χ0v) is 20.2. The van der Waals surface area contributed by atoms with E-state index in [4.69, 9.17) is 14.2 Å². The first kappa shape index (κ1) is 23.1. The summed E-state index contributed by atoms with van der Waals surface area (Å²) in [7, 11) is 1.60. The van der Waals surface area contributed by atoms with Crippen molar-refractivity contribution in [3.63, 3.8) is 0 Å². The number of amides is 1. The standard InChI is InChI=1S/C26H30N6O4/c1-34-20-9-7-18(8-10-20)26(33)27-21-15-35-24-22(16-36-23(21)24)32-25(28-29-30-32)19-6-4-5-17(13-19)14-31-11-2-3-12-31/h4-10,13,21-24H,2-3,11-12,14-16H2,1H3,(H,27,33). The number of aromatic nitrogens is 4. The number of rotatable bonds is 7. The number of ether oxygens (including phenoxy) is 3. The molecule has 4 unspecified atom stereocenters. The van der Waals surface area contributed by atoms with Crippen molar-refractivity contribution in [2.24, 2.45) is 0 Å². The molecule has 3 aliphatic heterocycles. The van der Waals surface area contributed by atoms with Crippen molar-refractivity contribution in [2.45, 2.75) is 43.7 Å². The van der Waals surface area contributed by atoms with E-state index in [9.17, 15) is 4.79 Å². The molecule has 1 amide bonds. The van der Waals surface area contributed by atoms with Crippen molar-refractivity contribution in [3.8, 4) is 17.1 Å². The van der Waals surface area contributed by atoms with Gasteiger partial charge in [0.15, 0.2) is 5.82 Å². The van der Waals surface area contributed by atoms with E-state index in [2.05, 4.69) is 43.9 Å². The maximum absolute atomic E-state index is 12.8. The number of carbonyl (C=O) groups excluding carboxylic acids is 1. The van der Waals surface area contributed by atoms with E-state index in [-0.39, 0.29) is 30.2 Å². The van der Waals surface area contributed by atoms with Crippen LogP contribution in [-0.2, 0) is 16.0 Å². The first-order valence-corrected chi connectivity index (χ1v) is 12.5. The summed E-state index contributed by atoms with van der Waals surface area (Å²) in [4.78, 5) is 15.3. The van der Waals surface area contributed by atoms with Crippen LogP contribution >= 0.6 is 0 Å². The van der Waals surface area contributed by atoms with Gasteiger partial charge in [0.05, 0.1) is 26.4 Å². The van der Waals surface area contributed by atoms with Crippen molar-refractivity contribution in [2.75, 3.05) is 33.4 Å². The fraction of sp³-hybridized carbons (Fsp3) is 0.462. The molecule has 0 spiro atoms. The second-order valence-corrected chi connectivity index (χ2v) is 9.60. The van der Waals surface area contributed by atoms with Gasteiger partial charge in [-0.3, -0.25) is 9.69 Å². The Balaban J connectivity index is 1.15. The number of tetrazole rings is 1. The third kappa shape index (κ3) is 4.47. The first-order chi connectivity index (χ1) is 17.7. The van der Waals surface area contributed by atoms with Gasteiger partial charge in [0.25, 0.3) is 5.91 Å². The molecule has 4 atom stereocenters. The van der Waals surface area contributed by atoms with Crippen LogP contribution in [0.4, 0.5) is 0 Å². The topological polar surface area (TPSA) is 104 Å². The molecule has 36 heavy (non-hydrogen) atoms. The van der Waals surface area contributed by atoms with Crippen LogP contribution in [0.25, 0.3) is 11.4 Å². The lowest BCUT2D eigenvalue weighted by molar-refractivity contribution is 0.0615. The van der Waals surface area contributed by atoms with E-state index in [0.29, 0.717) is 30.4 Å². The van der Waals surface area contributed by atoms with Crippen molar-refractivity contribution >= 4 is 5.91 Å². The number of hydrogen-bond donors (Lipinski definition) is 1. The maximum atomic E-state index is 12.8. The fourth-order valence-electron chi connectivity index (χ4n) is 5.42. The molecule has 3 aliphatic rings. The molecule has 0 bridgehead atoms. The molecule has 3 saturated heterocycles. The lowest BCUT2D eigenvalue weighted by Crippen LogP contribution is -2.44. The summed E-state index contributed by atoms with van der Waals surface area (Å²) in [6.45, 7) is 4.02. The van der Waals surface area contributed by atoms with E-state index < -0.39 is 0 Å². The normalized spacial score (nSPS) is 25.7. The number of likely N-dealkylation sites (tertiary alicyclic amines) is 1. The number of benzene rings is 2. The summed E-state index contributed by atoms with van der Waals surface area (Å²) in [5.74, 6) is 1.23. The molecule has 1 aromatic heterocycles. The minimum atomic E-state index is -0.268. The Kier molecular flexibility index (Phi) is 6.39. The molecule has 4 heterocycles. The Labute approximate surface area is 209 Å². The molecule has 3 fully saturated rings. The van der Waals surface area contributed by atoms with E-state index in [1.54, 1.807) is 31.4 Å². The molecule has 0 aliphatic carbocycles. The molecule has 10 nitrogen and oxygen atoms in total. The summed E-state index contributed by atoms with van der Waals surface area (Å²) >= 11 is 0. The van der Waals surface area contributed by atoms with Crippen LogP contribution in [0.3, 0.4) is 0 Å². The van der Waals surface area contributed by atoms with E-state index in [1.165, 1.54) is 18.4 Å². The minimum absolute atomic E-state index is 0.170. The highest BCUT2D eigenvalue weighted by Gasteiger charge is 2.50. The van der Waals surface area contributed by atoms with Crippen LogP contribution in [0.2, 0.25) is 0 Å². The van der Waals surface area contributed by atoms with Crippen LogP contribution in [-0.4, -0.2) is 82.7 Å². The predicted octanol–water partition coefficient (Wildman–Crippen LogP) is 2.08. The molecule has 2 aromatic carbocycles. The number of nitrogens with zero attached hydrogens (tertiary/aromatic N) is 5. The summed E-state index contributed by atoms with van der Waals surface area (Å²) in [6, 6.07) is 15.0. The van der Waals surface area contributed by atoms with Gasteiger partial charge in [0.1, 0.15) is 24.0 Å². The highest BCUT2D eigenvalue weighted by molar-refractivity contribution is 5.94. The Morgan fingerprint density at radius 3 is 2.69 bits per heavy atom. The van der Waals surface area contributed by atoms with Gasteiger partial charge in [-0.1, -0.05) is 18.2 Å². The van der Waals surface area contributed by atoms with E-state index in [0.717, 1.165) is 25.2 Å². The van der Waals surface area contributed by atoms with Gasteiger partial charge in [-0.15, -0.1) is 5.10 Å². The van der Waals surface area contributed by atoms with Crippen LogP contribution < -0.4 is 10.1 Å². The molecule has 1 N–H and O–H groups in total. The van der Waals surface area contributed by atoms with Crippen molar-refractivity contribution in [1.82, 2.24) is 30.4 Å². The first-order valence-electron chi connectivity index (χ1n) is 12.5. The largest absolute Gasteiger partial charge is 0.497 e. The summed E-state index contributed by atoms with van der Waals surface area (Å²) in [5.41, 5.74) is 2.79. The number of fused-ring (bicyclic) bond motifs is 1. The predicted molar refractivity (Wildman–Crippen MR) is 131 cm³/mol. The number of hydrogen-bond acceptors (Lipinski definition) is 8. The zero-order valence-electron chi connectivity index (χ0n) is 20.2. The second kappa shape index (κ2) is 9.96. The van der Waals surface area contributed by atoms with Gasteiger partial charge in [-0.25, -0.2) is 4.68 Å². The van der Waals surface area contributed by atoms with Gasteiger partial charge < -0.3 is 19.5 Å². The average Bonchev–Trinajstić information content (AvgIpc) is 3.70. The second-order valence-electron chi connectivity index (χ2n) is 9.60. The van der Waals surface area contributed by atoms with Crippen LogP contribution in [0.15, 0.2) is 48.5 Å². The van der Waals surface area contributed by atoms with Crippen molar-refractivity contribution in [1.29, 1.82) is 0 Å². The molecule has 6 rings (SSSR count).